The molecule has 0 atom stereocenters. The summed E-state index contributed by atoms with van der Waals surface area (Å²) in [6.07, 6.45) is 1.16. The number of aromatic nitrogens is 2. The van der Waals surface area contributed by atoms with Crippen molar-refractivity contribution in [2.45, 2.75) is 17.9 Å². The number of hydrogen-bond acceptors (Lipinski definition) is 5. The molecule has 3 aromatic rings. The van der Waals surface area contributed by atoms with Gasteiger partial charge in [0.25, 0.3) is 0 Å². The SMILES string of the molecule is O=C1CCCN1C(=O)CSc1nnc(-c2ccc(F)cc2)c2ccccc12. The predicted octanol–water partition coefficient (Wildman–Crippen LogP) is 3.68. The van der Waals surface area contributed by atoms with Crippen molar-refractivity contribution in [1.29, 1.82) is 0 Å². The van der Waals surface area contributed by atoms with Crippen molar-refractivity contribution in [2.75, 3.05) is 12.3 Å². The smallest absolute Gasteiger partial charge is 0.239 e. The van der Waals surface area contributed by atoms with Gasteiger partial charge in [-0.15, -0.1) is 10.2 Å². The van der Waals surface area contributed by atoms with Crippen molar-refractivity contribution in [3.05, 3.63) is 54.3 Å². The summed E-state index contributed by atoms with van der Waals surface area (Å²) in [4.78, 5) is 25.3. The van der Waals surface area contributed by atoms with Gasteiger partial charge in [-0.25, -0.2) is 4.39 Å². The maximum Gasteiger partial charge on any atom is 0.239 e. The van der Waals surface area contributed by atoms with E-state index in [2.05, 4.69) is 10.2 Å². The predicted molar refractivity (Wildman–Crippen MR) is 102 cm³/mol. The second-order valence-electron chi connectivity index (χ2n) is 6.24. The molecule has 136 valence electrons. The summed E-state index contributed by atoms with van der Waals surface area (Å²) >= 11 is 1.28. The first-order valence-electron chi connectivity index (χ1n) is 8.61. The molecule has 2 aromatic carbocycles. The van der Waals surface area contributed by atoms with E-state index in [9.17, 15) is 14.0 Å². The molecule has 0 bridgehead atoms. The van der Waals surface area contributed by atoms with E-state index in [-0.39, 0.29) is 23.4 Å². The van der Waals surface area contributed by atoms with Gasteiger partial charge < -0.3 is 0 Å². The Kier molecular flexibility index (Phi) is 4.85. The first-order chi connectivity index (χ1) is 13.1. The third-order valence-corrected chi connectivity index (χ3v) is 5.44. The van der Waals surface area contributed by atoms with Crippen molar-refractivity contribution in [2.24, 2.45) is 0 Å². The Hall–Kier alpha value is -2.80. The number of thioether (sulfide) groups is 1. The van der Waals surface area contributed by atoms with Gasteiger partial charge in [0.2, 0.25) is 11.8 Å². The van der Waals surface area contributed by atoms with E-state index >= 15 is 0 Å². The lowest BCUT2D eigenvalue weighted by Crippen LogP contribution is -2.33. The molecule has 2 amide bonds. The normalized spacial score (nSPS) is 14.1. The lowest BCUT2D eigenvalue weighted by atomic mass is 10.1. The molecule has 0 spiro atoms. The zero-order chi connectivity index (χ0) is 18.8. The van der Waals surface area contributed by atoms with Crippen LogP contribution < -0.4 is 0 Å². The topological polar surface area (TPSA) is 63.2 Å². The van der Waals surface area contributed by atoms with Gasteiger partial charge in [-0.2, -0.15) is 0 Å². The summed E-state index contributed by atoms with van der Waals surface area (Å²) in [6, 6.07) is 13.8. The molecule has 1 aliphatic rings. The summed E-state index contributed by atoms with van der Waals surface area (Å²) in [7, 11) is 0. The third kappa shape index (κ3) is 3.55. The number of carbonyl (C=O) groups is 2. The highest BCUT2D eigenvalue weighted by atomic mass is 32.2. The fourth-order valence-corrected chi connectivity index (χ4v) is 3.97. The van der Waals surface area contributed by atoms with Gasteiger partial charge >= 0.3 is 0 Å². The molecular weight excluding hydrogens is 365 g/mol. The number of carbonyl (C=O) groups excluding carboxylic acids is 2. The molecule has 1 aromatic heterocycles. The third-order valence-electron chi connectivity index (χ3n) is 4.48. The quantitative estimate of drug-likeness (QED) is 0.645. The number of nitrogens with zero attached hydrogens (tertiary/aromatic N) is 3. The molecule has 0 aliphatic carbocycles. The standard InChI is InChI=1S/C20H16FN3O2S/c21-14-9-7-13(8-10-14)19-15-4-1-2-5-16(15)20(23-22-19)27-12-18(26)24-11-3-6-17(24)25/h1-2,4-5,7-10H,3,6,11-12H2. The second kappa shape index (κ2) is 7.44. The van der Waals surface area contributed by atoms with Crippen LogP contribution in [-0.4, -0.2) is 39.2 Å². The Morgan fingerprint density at radius 1 is 1.07 bits per heavy atom. The largest absolute Gasteiger partial charge is 0.282 e. The van der Waals surface area contributed by atoms with E-state index in [1.54, 1.807) is 12.1 Å². The van der Waals surface area contributed by atoms with Gasteiger partial charge in [-0.05, 0) is 30.7 Å². The average Bonchev–Trinajstić information content (AvgIpc) is 3.12. The molecule has 1 aliphatic heterocycles. The minimum Gasteiger partial charge on any atom is -0.282 e. The number of halogens is 1. The molecule has 0 radical (unpaired) electrons. The van der Waals surface area contributed by atoms with Crippen molar-refractivity contribution < 1.29 is 14.0 Å². The van der Waals surface area contributed by atoms with Crippen molar-refractivity contribution >= 4 is 34.3 Å². The Morgan fingerprint density at radius 3 is 2.52 bits per heavy atom. The highest BCUT2D eigenvalue weighted by Gasteiger charge is 2.26. The minimum atomic E-state index is -0.307. The lowest BCUT2D eigenvalue weighted by molar-refractivity contribution is -0.140. The van der Waals surface area contributed by atoms with Crippen LogP contribution in [0.15, 0.2) is 53.6 Å². The van der Waals surface area contributed by atoms with Crippen LogP contribution in [-0.2, 0) is 9.59 Å². The molecule has 5 nitrogen and oxygen atoms in total. The van der Waals surface area contributed by atoms with Crippen molar-refractivity contribution in [3.63, 3.8) is 0 Å². The van der Waals surface area contributed by atoms with E-state index in [0.717, 1.165) is 22.8 Å². The van der Waals surface area contributed by atoms with Gasteiger partial charge in [0.1, 0.15) is 16.5 Å². The number of likely N-dealkylation sites (tertiary alicyclic amines) is 1. The number of benzene rings is 2. The fourth-order valence-electron chi connectivity index (χ4n) is 3.13. The maximum atomic E-state index is 13.2. The van der Waals surface area contributed by atoms with Crippen LogP contribution in [0.5, 0.6) is 0 Å². The van der Waals surface area contributed by atoms with Crippen molar-refractivity contribution in [3.8, 4) is 11.3 Å². The summed E-state index contributed by atoms with van der Waals surface area (Å²) in [5, 5.41) is 11.0. The Labute approximate surface area is 159 Å². The van der Waals surface area contributed by atoms with E-state index in [1.165, 1.54) is 28.8 Å². The first-order valence-corrected chi connectivity index (χ1v) is 9.59. The number of amides is 2. The first kappa shape index (κ1) is 17.6. The molecule has 0 N–H and O–H groups in total. The molecule has 0 unspecified atom stereocenters. The Balaban J connectivity index is 1.63. The van der Waals surface area contributed by atoms with Gasteiger partial charge in [-0.3, -0.25) is 14.5 Å². The molecule has 1 fully saturated rings. The summed E-state index contributed by atoms with van der Waals surface area (Å²) < 4.78 is 13.2. The maximum absolute atomic E-state index is 13.2. The molecule has 1 saturated heterocycles. The Bertz CT molecular complexity index is 1020. The minimum absolute atomic E-state index is 0.108. The molecular formula is C20H16FN3O2S. The van der Waals surface area contributed by atoms with Crippen LogP contribution in [0.1, 0.15) is 12.8 Å². The van der Waals surface area contributed by atoms with Gasteiger partial charge in [0.15, 0.2) is 0 Å². The molecule has 7 heteroatoms. The number of imide groups is 1. The van der Waals surface area contributed by atoms with Crippen LogP contribution >= 0.6 is 11.8 Å². The van der Waals surface area contributed by atoms with Crippen LogP contribution in [0.4, 0.5) is 4.39 Å². The van der Waals surface area contributed by atoms with Gasteiger partial charge in [-0.1, -0.05) is 36.0 Å². The zero-order valence-corrected chi connectivity index (χ0v) is 15.2. The fraction of sp³-hybridized carbons (Fsp3) is 0.200. The summed E-state index contributed by atoms with van der Waals surface area (Å²) in [5.41, 5.74) is 1.44. The summed E-state index contributed by atoms with van der Waals surface area (Å²) in [6.45, 7) is 0.494. The van der Waals surface area contributed by atoms with E-state index in [0.29, 0.717) is 23.7 Å². The summed E-state index contributed by atoms with van der Waals surface area (Å²) in [5.74, 6) is -0.474. The highest BCUT2D eigenvalue weighted by Crippen LogP contribution is 2.32. The lowest BCUT2D eigenvalue weighted by Gasteiger charge is -2.13. The van der Waals surface area contributed by atoms with Gasteiger partial charge in [0.05, 0.1) is 5.75 Å². The average molecular weight is 381 g/mol. The van der Waals surface area contributed by atoms with Crippen LogP contribution in [0, 0.1) is 5.82 Å². The number of fused-ring (bicyclic) bond motifs is 1. The molecule has 4 rings (SSSR count). The molecule has 27 heavy (non-hydrogen) atoms. The van der Waals surface area contributed by atoms with Crippen molar-refractivity contribution in [1.82, 2.24) is 15.1 Å². The highest BCUT2D eigenvalue weighted by molar-refractivity contribution is 8.00. The van der Waals surface area contributed by atoms with Crippen LogP contribution in [0.3, 0.4) is 0 Å². The van der Waals surface area contributed by atoms with Gasteiger partial charge in [0, 0.05) is 29.3 Å². The zero-order valence-electron chi connectivity index (χ0n) is 14.4. The van der Waals surface area contributed by atoms with E-state index < -0.39 is 0 Å². The van der Waals surface area contributed by atoms with E-state index in [4.69, 9.17) is 0 Å². The Morgan fingerprint density at radius 2 is 1.81 bits per heavy atom. The van der Waals surface area contributed by atoms with Crippen LogP contribution in [0.2, 0.25) is 0 Å². The molecule has 2 heterocycles. The second-order valence-corrected chi connectivity index (χ2v) is 7.20. The number of hydrogen-bond donors (Lipinski definition) is 0. The molecule has 0 saturated carbocycles. The van der Waals surface area contributed by atoms with Crippen LogP contribution in [0.25, 0.3) is 22.0 Å². The monoisotopic (exact) mass is 381 g/mol. The number of rotatable bonds is 4. The van der Waals surface area contributed by atoms with E-state index in [1.807, 2.05) is 24.3 Å².